The minimum atomic E-state index is -0.821. The molecule has 7 heteroatoms. The molecule has 2 rings (SSSR count). The average Bonchev–Trinajstić information content (AvgIpc) is 2.48. The van der Waals surface area contributed by atoms with Crippen LogP contribution < -0.4 is 0 Å². The van der Waals surface area contributed by atoms with Crippen molar-refractivity contribution in [2.24, 2.45) is 0 Å². The number of carboxylic acid groups (broad SMARTS) is 1. The highest BCUT2D eigenvalue weighted by Gasteiger charge is 2.29. The first kappa shape index (κ1) is 18.3. The lowest BCUT2D eigenvalue weighted by Crippen LogP contribution is -2.53. The quantitative estimate of drug-likeness (QED) is 0.874. The van der Waals surface area contributed by atoms with Crippen LogP contribution in [-0.4, -0.2) is 64.1 Å². The third-order valence-corrected chi connectivity index (χ3v) is 3.85. The fraction of sp³-hybridized carbons (Fsp3) is 0.467. The number of hydrogen-bond donors (Lipinski definition) is 2. The van der Waals surface area contributed by atoms with E-state index in [1.165, 1.54) is 6.07 Å². The highest BCUT2D eigenvalue weighted by atomic mass is 35.5. The van der Waals surface area contributed by atoms with Crippen LogP contribution in [0.5, 0.6) is 5.75 Å². The van der Waals surface area contributed by atoms with E-state index in [0.717, 1.165) is 0 Å². The maximum atomic E-state index is 12.3. The van der Waals surface area contributed by atoms with Gasteiger partial charge in [0, 0.05) is 26.2 Å². The van der Waals surface area contributed by atoms with Crippen molar-refractivity contribution in [1.82, 2.24) is 9.80 Å². The SMILES string of the molecule is CCC(C(=O)O)N1CCN(C(=O)c2ccccc2O)CC1.Cl. The van der Waals surface area contributed by atoms with Crippen LogP contribution in [0.3, 0.4) is 0 Å². The summed E-state index contributed by atoms with van der Waals surface area (Å²) in [7, 11) is 0. The molecule has 0 aromatic heterocycles. The van der Waals surface area contributed by atoms with Gasteiger partial charge in [0.25, 0.3) is 5.91 Å². The van der Waals surface area contributed by atoms with E-state index in [-0.39, 0.29) is 29.6 Å². The number of nitrogens with zero attached hydrogens (tertiary/aromatic N) is 2. The number of halogens is 1. The van der Waals surface area contributed by atoms with Crippen molar-refractivity contribution in [3.63, 3.8) is 0 Å². The fourth-order valence-corrected chi connectivity index (χ4v) is 2.65. The Hall–Kier alpha value is -1.79. The molecule has 1 aromatic rings. The van der Waals surface area contributed by atoms with Gasteiger partial charge in [-0.15, -0.1) is 12.4 Å². The Bertz CT molecular complexity index is 530. The number of aliphatic carboxylic acids is 1. The van der Waals surface area contributed by atoms with Crippen LogP contribution in [-0.2, 0) is 4.79 Å². The number of hydrogen-bond acceptors (Lipinski definition) is 4. The van der Waals surface area contributed by atoms with Gasteiger partial charge in [-0.05, 0) is 18.6 Å². The molecule has 0 saturated carbocycles. The number of phenolic OH excluding ortho intramolecular Hbond substituents is 1. The number of amides is 1. The molecule has 1 aliphatic rings. The highest BCUT2D eigenvalue weighted by molar-refractivity contribution is 5.96. The zero-order valence-corrected chi connectivity index (χ0v) is 13.3. The maximum Gasteiger partial charge on any atom is 0.320 e. The van der Waals surface area contributed by atoms with E-state index in [4.69, 9.17) is 5.11 Å². The Balaban J connectivity index is 0.00000242. The van der Waals surface area contributed by atoms with Gasteiger partial charge in [0.1, 0.15) is 11.8 Å². The van der Waals surface area contributed by atoms with Crippen molar-refractivity contribution in [3.05, 3.63) is 29.8 Å². The Labute approximate surface area is 135 Å². The molecule has 22 heavy (non-hydrogen) atoms. The van der Waals surface area contributed by atoms with Crippen LogP contribution in [0.2, 0.25) is 0 Å². The molecule has 122 valence electrons. The number of piperazine rings is 1. The van der Waals surface area contributed by atoms with E-state index in [1.54, 1.807) is 23.1 Å². The van der Waals surface area contributed by atoms with Gasteiger partial charge in [0.15, 0.2) is 0 Å². The largest absolute Gasteiger partial charge is 0.507 e. The molecular weight excluding hydrogens is 308 g/mol. The molecule has 1 fully saturated rings. The number of benzene rings is 1. The summed E-state index contributed by atoms with van der Waals surface area (Å²) < 4.78 is 0. The van der Waals surface area contributed by atoms with Gasteiger partial charge in [-0.3, -0.25) is 14.5 Å². The van der Waals surface area contributed by atoms with E-state index >= 15 is 0 Å². The van der Waals surface area contributed by atoms with Crippen molar-refractivity contribution in [1.29, 1.82) is 0 Å². The predicted octanol–water partition coefficient (Wildman–Crippen LogP) is 1.43. The Morgan fingerprint density at radius 1 is 1.18 bits per heavy atom. The number of rotatable bonds is 4. The van der Waals surface area contributed by atoms with E-state index in [9.17, 15) is 14.7 Å². The van der Waals surface area contributed by atoms with Gasteiger partial charge in [-0.25, -0.2) is 0 Å². The smallest absolute Gasteiger partial charge is 0.320 e. The van der Waals surface area contributed by atoms with Gasteiger partial charge in [-0.1, -0.05) is 19.1 Å². The van der Waals surface area contributed by atoms with Crippen molar-refractivity contribution in [3.8, 4) is 5.75 Å². The highest BCUT2D eigenvalue weighted by Crippen LogP contribution is 2.19. The number of para-hydroxylation sites is 1. The summed E-state index contributed by atoms with van der Waals surface area (Å²) in [4.78, 5) is 27.0. The molecule has 1 aromatic carbocycles. The molecule has 1 heterocycles. The minimum absolute atomic E-state index is 0. The van der Waals surface area contributed by atoms with Crippen LogP contribution in [0.1, 0.15) is 23.7 Å². The number of aromatic hydroxyl groups is 1. The molecule has 1 aliphatic heterocycles. The first-order chi connectivity index (χ1) is 10.0. The maximum absolute atomic E-state index is 12.3. The number of carboxylic acids is 1. The molecule has 0 aliphatic carbocycles. The third-order valence-electron chi connectivity index (χ3n) is 3.85. The summed E-state index contributed by atoms with van der Waals surface area (Å²) in [6.45, 7) is 3.85. The van der Waals surface area contributed by atoms with E-state index < -0.39 is 12.0 Å². The number of phenols is 1. The van der Waals surface area contributed by atoms with Crippen LogP contribution in [0.25, 0.3) is 0 Å². The lowest BCUT2D eigenvalue weighted by atomic mass is 10.1. The standard InChI is InChI=1S/C15H20N2O4.ClH/c1-2-12(15(20)21)16-7-9-17(10-8-16)14(19)11-5-3-4-6-13(11)18;/h3-6,12,18H,2,7-10H2,1H3,(H,20,21);1H. The summed E-state index contributed by atoms with van der Waals surface area (Å²) in [5.74, 6) is -1.06. The number of carbonyl (C=O) groups is 2. The first-order valence-electron chi connectivity index (χ1n) is 7.08. The normalized spacial score (nSPS) is 16.7. The van der Waals surface area contributed by atoms with Crippen molar-refractivity contribution < 1.29 is 19.8 Å². The van der Waals surface area contributed by atoms with Crippen LogP contribution in [0, 0.1) is 0 Å². The molecular formula is C15H21ClN2O4. The molecule has 1 amide bonds. The topological polar surface area (TPSA) is 81.1 Å². The molecule has 1 saturated heterocycles. The van der Waals surface area contributed by atoms with E-state index in [2.05, 4.69) is 0 Å². The van der Waals surface area contributed by atoms with Crippen molar-refractivity contribution >= 4 is 24.3 Å². The van der Waals surface area contributed by atoms with Gasteiger partial charge < -0.3 is 15.1 Å². The zero-order valence-electron chi connectivity index (χ0n) is 12.4. The first-order valence-corrected chi connectivity index (χ1v) is 7.08. The lowest BCUT2D eigenvalue weighted by molar-refractivity contribution is -0.144. The minimum Gasteiger partial charge on any atom is -0.507 e. The molecule has 0 bridgehead atoms. The van der Waals surface area contributed by atoms with Gasteiger partial charge in [0.05, 0.1) is 5.56 Å². The monoisotopic (exact) mass is 328 g/mol. The molecule has 0 radical (unpaired) electrons. The Morgan fingerprint density at radius 2 is 1.77 bits per heavy atom. The number of carbonyl (C=O) groups excluding carboxylic acids is 1. The Morgan fingerprint density at radius 3 is 2.27 bits per heavy atom. The molecule has 1 unspecified atom stereocenters. The second kappa shape index (κ2) is 8.00. The molecule has 0 spiro atoms. The molecule has 6 nitrogen and oxygen atoms in total. The van der Waals surface area contributed by atoms with Gasteiger partial charge in [0.2, 0.25) is 0 Å². The summed E-state index contributed by atoms with van der Waals surface area (Å²) in [5, 5.41) is 18.9. The van der Waals surface area contributed by atoms with E-state index in [1.807, 2.05) is 11.8 Å². The van der Waals surface area contributed by atoms with Crippen LogP contribution in [0.4, 0.5) is 0 Å². The zero-order chi connectivity index (χ0) is 15.4. The van der Waals surface area contributed by atoms with Gasteiger partial charge in [-0.2, -0.15) is 0 Å². The van der Waals surface area contributed by atoms with Gasteiger partial charge >= 0.3 is 5.97 Å². The average molecular weight is 329 g/mol. The fourth-order valence-electron chi connectivity index (χ4n) is 2.65. The lowest BCUT2D eigenvalue weighted by Gasteiger charge is -2.37. The summed E-state index contributed by atoms with van der Waals surface area (Å²) in [6, 6.07) is 5.97. The van der Waals surface area contributed by atoms with Crippen molar-refractivity contribution in [2.75, 3.05) is 26.2 Å². The second-order valence-corrected chi connectivity index (χ2v) is 5.11. The molecule has 1 atom stereocenters. The van der Waals surface area contributed by atoms with Crippen LogP contribution >= 0.6 is 12.4 Å². The second-order valence-electron chi connectivity index (χ2n) is 5.11. The Kier molecular flexibility index (Phi) is 6.64. The summed E-state index contributed by atoms with van der Waals surface area (Å²) in [5.41, 5.74) is 0.288. The van der Waals surface area contributed by atoms with Crippen LogP contribution in [0.15, 0.2) is 24.3 Å². The predicted molar refractivity (Wildman–Crippen MR) is 84.5 cm³/mol. The summed E-state index contributed by atoms with van der Waals surface area (Å²) in [6.07, 6.45) is 0.544. The van der Waals surface area contributed by atoms with E-state index in [0.29, 0.717) is 32.6 Å². The van der Waals surface area contributed by atoms with Crippen molar-refractivity contribution in [2.45, 2.75) is 19.4 Å². The summed E-state index contributed by atoms with van der Waals surface area (Å²) >= 11 is 0. The third kappa shape index (κ3) is 3.90. The molecule has 2 N–H and O–H groups in total.